The third kappa shape index (κ3) is 6.58. The molecule has 0 unspecified atom stereocenters. The van der Waals surface area contributed by atoms with E-state index in [2.05, 4.69) is 21.4 Å². The number of carbonyl (C=O) groups excluding carboxylic acids is 3. The van der Waals surface area contributed by atoms with Gasteiger partial charge in [0.25, 0.3) is 0 Å². The molecule has 1 saturated carbocycles. The number of morpholine rings is 1. The van der Waals surface area contributed by atoms with E-state index in [1.54, 1.807) is 11.0 Å². The minimum atomic E-state index is -0.410. The van der Waals surface area contributed by atoms with E-state index in [0.717, 1.165) is 30.6 Å². The maximum Gasteiger partial charge on any atom is 0.328 e. The first-order valence-electron chi connectivity index (χ1n) is 13.4. The maximum absolute atomic E-state index is 13.3. The molecule has 2 aromatic heterocycles. The number of fused-ring (bicyclic) bond motifs is 1. The van der Waals surface area contributed by atoms with Crippen LogP contribution < -0.4 is 10.2 Å². The van der Waals surface area contributed by atoms with E-state index in [9.17, 15) is 19.6 Å². The molecule has 4 heterocycles. The molecule has 0 aromatic carbocycles. The van der Waals surface area contributed by atoms with Gasteiger partial charge in [-0.25, -0.2) is 14.8 Å². The lowest BCUT2D eigenvalue weighted by atomic mass is 10.0. The van der Waals surface area contributed by atoms with Crippen LogP contribution in [0.4, 0.5) is 16.4 Å². The monoisotopic (exact) mass is 532 g/mol. The van der Waals surface area contributed by atoms with Gasteiger partial charge in [0.1, 0.15) is 30.0 Å². The Morgan fingerprint density at radius 1 is 1.28 bits per heavy atom. The molecule has 2 fully saturated rings. The first-order valence-corrected chi connectivity index (χ1v) is 13.4. The lowest BCUT2D eigenvalue weighted by Gasteiger charge is -2.30. The van der Waals surface area contributed by atoms with Crippen molar-refractivity contribution in [2.45, 2.75) is 45.1 Å². The third-order valence-corrected chi connectivity index (χ3v) is 7.21. The molecule has 5 rings (SSSR count). The Bertz CT molecular complexity index is 1290. The minimum Gasteiger partial charge on any atom is -0.381 e. The van der Waals surface area contributed by atoms with E-state index >= 15 is 0 Å². The Morgan fingerprint density at radius 2 is 2.15 bits per heavy atom. The molecule has 2 aromatic rings. The zero-order chi connectivity index (χ0) is 27.2. The second-order valence-electron chi connectivity index (χ2n) is 10.1. The van der Waals surface area contributed by atoms with E-state index in [0.29, 0.717) is 74.1 Å². The van der Waals surface area contributed by atoms with Crippen molar-refractivity contribution >= 4 is 29.9 Å². The summed E-state index contributed by atoms with van der Waals surface area (Å²) in [5, 5.41) is 12.3. The van der Waals surface area contributed by atoms with Gasteiger partial charge in [-0.2, -0.15) is 5.26 Å². The number of pyridine rings is 2. The van der Waals surface area contributed by atoms with Gasteiger partial charge >= 0.3 is 6.03 Å². The van der Waals surface area contributed by atoms with Gasteiger partial charge in [-0.15, -0.1) is 0 Å². The lowest BCUT2D eigenvalue weighted by Crippen LogP contribution is -2.42. The second kappa shape index (κ2) is 12.3. The minimum absolute atomic E-state index is 0.0298. The number of nitrogens with zero attached hydrogens (tertiary/aromatic N) is 5. The van der Waals surface area contributed by atoms with Gasteiger partial charge in [0.15, 0.2) is 6.29 Å². The fourth-order valence-electron chi connectivity index (χ4n) is 4.86. The van der Waals surface area contributed by atoms with Gasteiger partial charge in [-0.3, -0.25) is 19.8 Å². The molecule has 0 bridgehead atoms. The Morgan fingerprint density at radius 3 is 2.92 bits per heavy atom. The first-order chi connectivity index (χ1) is 19.1. The number of amides is 3. The number of anilines is 2. The van der Waals surface area contributed by atoms with Crippen molar-refractivity contribution in [3.63, 3.8) is 0 Å². The van der Waals surface area contributed by atoms with Crippen LogP contribution >= 0.6 is 0 Å². The Labute approximate surface area is 227 Å². The second-order valence-corrected chi connectivity index (χ2v) is 10.1. The molecule has 0 radical (unpaired) electrons. The number of urea groups is 1. The molecule has 0 spiro atoms. The highest BCUT2D eigenvalue weighted by Gasteiger charge is 2.28. The van der Waals surface area contributed by atoms with Crippen LogP contribution in [0.1, 0.15) is 58.4 Å². The van der Waals surface area contributed by atoms with Crippen LogP contribution in [0, 0.1) is 17.2 Å². The normalized spacial score (nSPS) is 16.9. The average molecular weight is 533 g/mol. The molecule has 1 aliphatic carbocycles. The van der Waals surface area contributed by atoms with Crippen LogP contribution in [-0.4, -0.2) is 72.6 Å². The largest absolute Gasteiger partial charge is 0.381 e. The SMILES string of the molecule is N#Cc1cnc(NC(=O)N2CCCc3cc(CN4CCOCC4=O)c(C=O)nc32)cc1CCCOCC1CC1. The predicted molar refractivity (Wildman–Crippen MR) is 141 cm³/mol. The average Bonchev–Trinajstić information content (AvgIpc) is 3.78. The summed E-state index contributed by atoms with van der Waals surface area (Å²) in [5.74, 6) is 1.36. The van der Waals surface area contributed by atoms with Gasteiger partial charge in [0.05, 0.1) is 12.2 Å². The van der Waals surface area contributed by atoms with Gasteiger partial charge in [-0.05, 0) is 67.7 Å². The van der Waals surface area contributed by atoms with Crippen LogP contribution in [0.2, 0.25) is 0 Å². The highest BCUT2D eigenvalue weighted by atomic mass is 16.5. The number of aromatic nitrogens is 2. The number of nitriles is 1. The zero-order valence-corrected chi connectivity index (χ0v) is 21.9. The number of aldehydes is 1. The van der Waals surface area contributed by atoms with Crippen molar-refractivity contribution in [1.82, 2.24) is 14.9 Å². The highest BCUT2D eigenvalue weighted by molar-refractivity contribution is 6.01. The first kappa shape index (κ1) is 26.7. The number of hydrogen-bond acceptors (Lipinski definition) is 8. The third-order valence-electron chi connectivity index (χ3n) is 7.21. The lowest BCUT2D eigenvalue weighted by molar-refractivity contribution is -0.143. The van der Waals surface area contributed by atoms with Gasteiger partial charge in [0, 0.05) is 44.6 Å². The highest BCUT2D eigenvalue weighted by Crippen LogP contribution is 2.30. The number of rotatable bonds is 10. The van der Waals surface area contributed by atoms with E-state index in [4.69, 9.17) is 9.47 Å². The topological polar surface area (TPSA) is 138 Å². The molecule has 11 heteroatoms. The molecule has 2 aliphatic heterocycles. The molecule has 204 valence electrons. The summed E-state index contributed by atoms with van der Waals surface area (Å²) in [5.41, 5.74) is 2.98. The molecule has 0 atom stereocenters. The summed E-state index contributed by atoms with van der Waals surface area (Å²) < 4.78 is 10.9. The van der Waals surface area contributed by atoms with Crippen molar-refractivity contribution in [3.8, 4) is 6.07 Å². The predicted octanol–water partition coefficient (Wildman–Crippen LogP) is 2.86. The van der Waals surface area contributed by atoms with Crippen LogP contribution in [0.15, 0.2) is 18.3 Å². The van der Waals surface area contributed by atoms with Crippen molar-refractivity contribution in [2.24, 2.45) is 5.92 Å². The van der Waals surface area contributed by atoms with Gasteiger partial charge in [0.2, 0.25) is 5.91 Å². The molecule has 11 nitrogen and oxygen atoms in total. The van der Waals surface area contributed by atoms with Gasteiger partial charge in [-0.1, -0.05) is 0 Å². The molecule has 3 aliphatic rings. The Kier molecular flexibility index (Phi) is 8.44. The van der Waals surface area contributed by atoms with Crippen LogP contribution in [-0.2, 0) is 33.7 Å². The summed E-state index contributed by atoms with van der Waals surface area (Å²) in [6.45, 7) is 3.07. The number of carbonyl (C=O) groups is 3. The zero-order valence-electron chi connectivity index (χ0n) is 21.9. The molecule has 3 amide bonds. The van der Waals surface area contributed by atoms with Crippen molar-refractivity contribution in [1.29, 1.82) is 5.26 Å². The summed E-state index contributed by atoms with van der Waals surface area (Å²) >= 11 is 0. The summed E-state index contributed by atoms with van der Waals surface area (Å²) in [6, 6.07) is 5.36. The van der Waals surface area contributed by atoms with Gasteiger partial charge < -0.3 is 14.4 Å². The maximum atomic E-state index is 13.3. The van der Waals surface area contributed by atoms with Crippen molar-refractivity contribution < 1.29 is 23.9 Å². The number of ether oxygens (including phenoxy) is 2. The molecular formula is C28H32N6O5. The summed E-state index contributed by atoms with van der Waals surface area (Å²) in [4.78, 5) is 49.4. The van der Waals surface area contributed by atoms with Crippen LogP contribution in [0.3, 0.4) is 0 Å². The fourth-order valence-corrected chi connectivity index (χ4v) is 4.86. The van der Waals surface area contributed by atoms with Crippen LogP contribution in [0.25, 0.3) is 0 Å². The van der Waals surface area contributed by atoms with E-state index < -0.39 is 6.03 Å². The fraction of sp³-hybridized carbons (Fsp3) is 0.500. The Balaban J connectivity index is 1.27. The van der Waals surface area contributed by atoms with E-state index in [1.807, 2.05) is 6.07 Å². The molecule has 1 N–H and O–H groups in total. The number of aryl methyl sites for hydroxylation is 2. The smallest absolute Gasteiger partial charge is 0.328 e. The number of nitrogens with one attached hydrogen (secondary N) is 1. The quantitative estimate of drug-likeness (QED) is 0.364. The van der Waals surface area contributed by atoms with E-state index in [1.165, 1.54) is 23.9 Å². The molecule has 1 saturated heterocycles. The standard InChI is InChI=1S/C28H32N6O5/c29-13-23-14-30-25(12-20(23)4-2-9-38-17-19-5-6-19)32-28(37)34-7-1-3-21-11-22(24(16-35)31-27(21)34)15-33-8-10-39-18-26(33)36/h11-12,14,16,19H,1-10,15,17-18H2,(H,30,32,37). The molecule has 39 heavy (non-hydrogen) atoms. The Hall–Kier alpha value is -3.88. The number of hydrogen-bond donors (Lipinski definition) is 1. The van der Waals surface area contributed by atoms with E-state index in [-0.39, 0.29) is 24.8 Å². The summed E-state index contributed by atoms with van der Waals surface area (Å²) in [6.07, 6.45) is 7.48. The summed E-state index contributed by atoms with van der Waals surface area (Å²) in [7, 11) is 0. The molecular weight excluding hydrogens is 500 g/mol. The van der Waals surface area contributed by atoms with Crippen molar-refractivity contribution in [2.75, 3.05) is 49.7 Å². The van der Waals surface area contributed by atoms with Crippen molar-refractivity contribution in [3.05, 3.63) is 46.3 Å². The van der Waals surface area contributed by atoms with Crippen LogP contribution in [0.5, 0.6) is 0 Å².